The molecule has 0 aromatic heterocycles. The summed E-state index contributed by atoms with van der Waals surface area (Å²) in [7, 11) is 1.45. The summed E-state index contributed by atoms with van der Waals surface area (Å²) >= 11 is 0. The maximum absolute atomic E-state index is 13.2. The van der Waals surface area contributed by atoms with E-state index < -0.39 is 0 Å². The molecule has 29 heavy (non-hydrogen) atoms. The Bertz CT molecular complexity index is 910. The molecule has 2 aromatic rings. The van der Waals surface area contributed by atoms with E-state index in [0.29, 0.717) is 43.1 Å². The third kappa shape index (κ3) is 4.25. The number of rotatable bonds is 7. The minimum atomic E-state index is -0.359. The molecular formula is C22H23NO6. The summed E-state index contributed by atoms with van der Waals surface area (Å²) in [5.41, 5.74) is 0.974. The molecule has 0 saturated carbocycles. The molecule has 7 nitrogen and oxygen atoms in total. The minimum absolute atomic E-state index is 0.0670. The Morgan fingerprint density at radius 2 is 2.03 bits per heavy atom. The topological polar surface area (TPSA) is 85.3 Å². The Morgan fingerprint density at radius 1 is 1.28 bits per heavy atom. The van der Waals surface area contributed by atoms with Crippen molar-refractivity contribution in [3.8, 4) is 17.2 Å². The van der Waals surface area contributed by atoms with E-state index in [1.165, 1.54) is 13.2 Å². The van der Waals surface area contributed by atoms with E-state index in [0.717, 1.165) is 0 Å². The molecule has 1 aliphatic rings. The minimum Gasteiger partial charge on any atom is -0.507 e. The average Bonchev–Trinajstić information content (AvgIpc) is 2.76. The van der Waals surface area contributed by atoms with E-state index >= 15 is 0 Å². The lowest BCUT2D eigenvalue weighted by Gasteiger charge is -2.35. The summed E-state index contributed by atoms with van der Waals surface area (Å²) in [6.07, 6.45) is 2.14. The van der Waals surface area contributed by atoms with Gasteiger partial charge < -0.3 is 24.2 Å². The van der Waals surface area contributed by atoms with Crippen LogP contribution in [-0.2, 0) is 4.74 Å². The fraction of sp³-hybridized carbons (Fsp3) is 0.273. The van der Waals surface area contributed by atoms with Gasteiger partial charge in [0.15, 0.2) is 6.29 Å². The van der Waals surface area contributed by atoms with Gasteiger partial charge in [0, 0.05) is 6.54 Å². The third-order valence-corrected chi connectivity index (χ3v) is 4.80. The first-order valence-electron chi connectivity index (χ1n) is 9.18. The van der Waals surface area contributed by atoms with Crippen molar-refractivity contribution in [2.24, 2.45) is 0 Å². The highest BCUT2D eigenvalue weighted by atomic mass is 16.5. The summed E-state index contributed by atoms with van der Waals surface area (Å²) in [6.45, 7) is 4.92. The van der Waals surface area contributed by atoms with Gasteiger partial charge >= 0.3 is 0 Å². The van der Waals surface area contributed by atoms with Gasteiger partial charge in [-0.3, -0.25) is 9.59 Å². The zero-order chi connectivity index (χ0) is 20.8. The fourth-order valence-electron chi connectivity index (χ4n) is 3.29. The number of aromatic hydroxyl groups is 1. The van der Waals surface area contributed by atoms with Gasteiger partial charge in [-0.15, -0.1) is 0 Å². The molecule has 152 valence electrons. The summed E-state index contributed by atoms with van der Waals surface area (Å²) in [5, 5.41) is 9.94. The number of hydrogen-bond acceptors (Lipinski definition) is 6. The van der Waals surface area contributed by atoms with E-state index in [1.807, 2.05) is 0 Å². The Kier molecular flexibility index (Phi) is 6.51. The van der Waals surface area contributed by atoms with Crippen molar-refractivity contribution in [3.05, 3.63) is 59.7 Å². The van der Waals surface area contributed by atoms with Crippen LogP contribution >= 0.6 is 0 Å². The smallest absolute Gasteiger partial charge is 0.255 e. The molecule has 0 bridgehead atoms. The first-order chi connectivity index (χ1) is 14.1. The Labute approximate surface area is 169 Å². The number of morpholine rings is 1. The van der Waals surface area contributed by atoms with Crippen molar-refractivity contribution in [3.63, 3.8) is 0 Å². The monoisotopic (exact) mass is 397 g/mol. The van der Waals surface area contributed by atoms with E-state index in [-0.39, 0.29) is 35.4 Å². The molecule has 1 atom stereocenters. The lowest BCUT2D eigenvalue weighted by molar-refractivity contribution is -0.0151. The zero-order valence-corrected chi connectivity index (χ0v) is 16.2. The molecule has 1 aliphatic heterocycles. The van der Waals surface area contributed by atoms with E-state index in [1.54, 1.807) is 41.3 Å². The van der Waals surface area contributed by atoms with Crippen LogP contribution < -0.4 is 9.47 Å². The number of hydrogen-bond donors (Lipinski definition) is 1. The summed E-state index contributed by atoms with van der Waals surface area (Å²) in [4.78, 5) is 26.4. The molecule has 2 aromatic carbocycles. The normalized spacial score (nSPS) is 16.2. The Balaban J connectivity index is 1.82. The van der Waals surface area contributed by atoms with Crippen LogP contribution in [0.4, 0.5) is 0 Å². The Hall–Kier alpha value is -3.32. The zero-order valence-electron chi connectivity index (χ0n) is 16.2. The number of phenols is 1. The molecule has 1 saturated heterocycles. The van der Waals surface area contributed by atoms with Crippen LogP contribution in [0.5, 0.6) is 17.2 Å². The van der Waals surface area contributed by atoms with Crippen molar-refractivity contribution < 1.29 is 28.9 Å². The van der Waals surface area contributed by atoms with Crippen molar-refractivity contribution in [1.82, 2.24) is 4.90 Å². The lowest BCUT2D eigenvalue weighted by atomic mass is 10.0. The number of carbonyl (C=O) groups excluding carboxylic acids is 2. The summed E-state index contributed by atoms with van der Waals surface area (Å²) in [5.74, 6) is 0.593. The first-order valence-corrected chi connectivity index (χ1v) is 9.18. The van der Waals surface area contributed by atoms with Gasteiger partial charge in [-0.05, 0) is 24.3 Å². The van der Waals surface area contributed by atoms with Crippen molar-refractivity contribution in [1.29, 1.82) is 0 Å². The number of nitrogens with zero attached hydrogens (tertiary/aromatic N) is 1. The second-order valence-electron chi connectivity index (χ2n) is 6.47. The first kappa shape index (κ1) is 20.4. The van der Waals surface area contributed by atoms with Crippen LogP contribution in [0.1, 0.15) is 26.3 Å². The largest absolute Gasteiger partial charge is 0.507 e. The molecule has 1 amide bonds. The van der Waals surface area contributed by atoms with Crippen LogP contribution in [0.2, 0.25) is 0 Å². The predicted molar refractivity (Wildman–Crippen MR) is 108 cm³/mol. The van der Waals surface area contributed by atoms with Crippen LogP contribution in [0.25, 0.3) is 6.08 Å². The summed E-state index contributed by atoms with van der Waals surface area (Å²) in [6, 6.07) is 9.50. The molecule has 1 fully saturated rings. The molecule has 1 heterocycles. The number of methoxy groups -OCH3 is 1. The number of ether oxygens (including phenoxy) is 3. The van der Waals surface area contributed by atoms with Gasteiger partial charge in [0.05, 0.1) is 43.1 Å². The second kappa shape index (κ2) is 9.25. The Morgan fingerprint density at radius 3 is 2.76 bits per heavy atom. The SMILES string of the molecule is C=Cc1c(O)cccc1OC[C@@H]1COCCN1C(=O)c1cccc(OC)c1C=O. The van der Waals surface area contributed by atoms with Gasteiger partial charge in [0.2, 0.25) is 0 Å². The highest BCUT2D eigenvalue weighted by Crippen LogP contribution is 2.29. The average molecular weight is 397 g/mol. The van der Waals surface area contributed by atoms with Gasteiger partial charge in [-0.1, -0.05) is 24.8 Å². The third-order valence-electron chi connectivity index (χ3n) is 4.80. The van der Waals surface area contributed by atoms with Crippen molar-refractivity contribution in [2.75, 3.05) is 33.5 Å². The molecule has 0 aliphatic carbocycles. The van der Waals surface area contributed by atoms with Crippen LogP contribution in [0.15, 0.2) is 43.0 Å². The van der Waals surface area contributed by atoms with Crippen LogP contribution in [0, 0.1) is 0 Å². The number of aldehydes is 1. The van der Waals surface area contributed by atoms with E-state index in [4.69, 9.17) is 14.2 Å². The van der Waals surface area contributed by atoms with Gasteiger partial charge in [-0.25, -0.2) is 0 Å². The van der Waals surface area contributed by atoms with Gasteiger partial charge in [-0.2, -0.15) is 0 Å². The fourth-order valence-corrected chi connectivity index (χ4v) is 3.29. The molecule has 1 N–H and O–H groups in total. The number of phenolic OH excluding ortho intramolecular Hbond substituents is 1. The molecular weight excluding hydrogens is 374 g/mol. The molecule has 7 heteroatoms. The summed E-state index contributed by atoms with van der Waals surface area (Å²) < 4.78 is 16.6. The van der Waals surface area contributed by atoms with Crippen molar-refractivity contribution >= 4 is 18.3 Å². The lowest BCUT2D eigenvalue weighted by Crippen LogP contribution is -2.51. The van der Waals surface area contributed by atoms with Crippen molar-refractivity contribution in [2.45, 2.75) is 6.04 Å². The van der Waals surface area contributed by atoms with Gasteiger partial charge in [0.1, 0.15) is 23.9 Å². The number of benzene rings is 2. The predicted octanol–water partition coefficient (Wildman–Crippen LogP) is 2.78. The molecule has 0 spiro atoms. The molecule has 3 rings (SSSR count). The maximum atomic E-state index is 13.2. The number of amides is 1. The highest BCUT2D eigenvalue weighted by Gasteiger charge is 2.30. The maximum Gasteiger partial charge on any atom is 0.255 e. The van der Waals surface area contributed by atoms with E-state index in [2.05, 4.69) is 6.58 Å². The number of carbonyl (C=O) groups is 2. The quantitative estimate of drug-likeness (QED) is 0.723. The molecule has 0 unspecified atom stereocenters. The van der Waals surface area contributed by atoms with Gasteiger partial charge in [0.25, 0.3) is 5.91 Å². The van der Waals surface area contributed by atoms with Crippen LogP contribution in [0.3, 0.4) is 0 Å². The van der Waals surface area contributed by atoms with E-state index in [9.17, 15) is 14.7 Å². The molecule has 0 radical (unpaired) electrons. The standard InChI is InChI=1S/C22H23NO6/c1-3-16-19(25)7-5-9-21(16)29-14-15-13-28-11-10-23(15)22(26)17-6-4-8-20(27-2)18(17)12-24/h3-9,12,15,25H,1,10-11,13-14H2,2H3/t15-/m0/s1. The van der Waals surface area contributed by atoms with Crippen LogP contribution in [-0.4, -0.2) is 61.7 Å². The second-order valence-corrected chi connectivity index (χ2v) is 6.47. The highest BCUT2D eigenvalue weighted by molar-refractivity contribution is 6.03.